The lowest BCUT2D eigenvalue weighted by molar-refractivity contribution is 0.578. The first-order chi connectivity index (χ1) is 9.63. The van der Waals surface area contributed by atoms with Gasteiger partial charge in [-0.2, -0.15) is 0 Å². The van der Waals surface area contributed by atoms with Crippen LogP contribution in [0.5, 0.6) is 0 Å². The fraction of sp³-hybridized carbons (Fsp3) is 0.444. The summed E-state index contributed by atoms with van der Waals surface area (Å²) in [7, 11) is 0. The summed E-state index contributed by atoms with van der Waals surface area (Å²) in [6.45, 7) is 7.63. The predicted molar refractivity (Wildman–Crippen MR) is 87.5 cm³/mol. The smallest absolute Gasteiger partial charge is 0.0305 e. The second-order valence-electron chi connectivity index (χ2n) is 5.94. The van der Waals surface area contributed by atoms with Crippen molar-refractivity contribution in [3.63, 3.8) is 0 Å². The van der Waals surface area contributed by atoms with Gasteiger partial charge < -0.3 is 5.32 Å². The van der Waals surface area contributed by atoms with E-state index in [4.69, 9.17) is 0 Å². The van der Waals surface area contributed by atoms with E-state index in [1.165, 1.54) is 40.1 Å². The molecule has 0 aliphatic heterocycles. The summed E-state index contributed by atoms with van der Waals surface area (Å²) >= 11 is 1.91. The average Bonchev–Trinajstić information content (AvgIpc) is 3.02. The maximum Gasteiger partial charge on any atom is 0.0305 e. The highest BCUT2D eigenvalue weighted by Crippen LogP contribution is 2.26. The van der Waals surface area contributed by atoms with Crippen LogP contribution in [0.25, 0.3) is 0 Å². The largest absolute Gasteiger partial charge is 0.305 e. The minimum atomic E-state index is 0.420. The molecular formula is C18H23NS. The molecule has 0 spiro atoms. The molecule has 1 unspecified atom stereocenters. The van der Waals surface area contributed by atoms with E-state index in [-0.39, 0.29) is 0 Å². The molecule has 1 aromatic carbocycles. The van der Waals surface area contributed by atoms with Gasteiger partial charge in [0.1, 0.15) is 0 Å². The lowest BCUT2D eigenvalue weighted by Crippen LogP contribution is -2.17. The lowest BCUT2D eigenvalue weighted by Gasteiger charge is -2.15. The van der Waals surface area contributed by atoms with Crippen LogP contribution in [0.3, 0.4) is 0 Å². The van der Waals surface area contributed by atoms with E-state index >= 15 is 0 Å². The van der Waals surface area contributed by atoms with Gasteiger partial charge in [-0.3, -0.25) is 0 Å². The van der Waals surface area contributed by atoms with E-state index in [9.17, 15) is 0 Å². The molecule has 2 aromatic rings. The molecule has 0 bridgehead atoms. The Balaban J connectivity index is 1.65. The first-order valence-corrected chi connectivity index (χ1v) is 8.36. The molecule has 0 radical (unpaired) electrons. The van der Waals surface area contributed by atoms with Crippen LogP contribution in [-0.4, -0.2) is 0 Å². The second kappa shape index (κ2) is 5.71. The number of rotatable bonds is 4. The maximum absolute atomic E-state index is 3.66. The van der Waals surface area contributed by atoms with Crippen molar-refractivity contribution in [3.05, 3.63) is 56.3 Å². The SMILES string of the molecule is Cc1cc(CNC(C)c2ccc3c(c2)CCC3)sc1C. The molecule has 0 amide bonds. The van der Waals surface area contributed by atoms with E-state index in [1.807, 2.05) is 11.3 Å². The first kappa shape index (κ1) is 13.8. The first-order valence-electron chi connectivity index (χ1n) is 7.54. The number of fused-ring (bicyclic) bond motifs is 1. The summed E-state index contributed by atoms with van der Waals surface area (Å²) in [6.07, 6.45) is 3.86. The summed E-state index contributed by atoms with van der Waals surface area (Å²) in [5.74, 6) is 0. The van der Waals surface area contributed by atoms with Crippen molar-refractivity contribution < 1.29 is 0 Å². The van der Waals surface area contributed by atoms with Crippen LogP contribution < -0.4 is 5.32 Å². The van der Waals surface area contributed by atoms with Gasteiger partial charge >= 0.3 is 0 Å². The van der Waals surface area contributed by atoms with E-state index in [0.29, 0.717) is 6.04 Å². The van der Waals surface area contributed by atoms with Crippen LogP contribution in [0, 0.1) is 13.8 Å². The van der Waals surface area contributed by atoms with E-state index in [1.54, 1.807) is 11.1 Å². The fourth-order valence-electron chi connectivity index (χ4n) is 2.97. The molecule has 1 aliphatic carbocycles. The molecule has 1 heterocycles. The standard InChI is InChI=1S/C18H23NS/c1-12-9-18(20-14(12)3)11-19-13(2)16-8-7-15-5-4-6-17(15)10-16/h7-10,13,19H,4-6,11H2,1-3H3. The van der Waals surface area contributed by atoms with Crippen molar-refractivity contribution in [2.45, 2.75) is 52.6 Å². The molecule has 1 nitrogen and oxygen atoms in total. The monoisotopic (exact) mass is 285 g/mol. The van der Waals surface area contributed by atoms with Crippen LogP contribution in [0.2, 0.25) is 0 Å². The number of aryl methyl sites for hydroxylation is 4. The third-order valence-corrected chi connectivity index (χ3v) is 5.57. The van der Waals surface area contributed by atoms with Crippen molar-refractivity contribution in [2.75, 3.05) is 0 Å². The Hall–Kier alpha value is -1.12. The zero-order valence-corrected chi connectivity index (χ0v) is 13.4. The molecule has 2 heteroatoms. The van der Waals surface area contributed by atoms with Gasteiger partial charge in [-0.1, -0.05) is 18.2 Å². The molecule has 0 saturated heterocycles. The van der Waals surface area contributed by atoms with Crippen LogP contribution >= 0.6 is 11.3 Å². The van der Waals surface area contributed by atoms with Gasteiger partial charge in [0.15, 0.2) is 0 Å². The van der Waals surface area contributed by atoms with Crippen LogP contribution in [0.4, 0.5) is 0 Å². The molecule has 20 heavy (non-hydrogen) atoms. The molecule has 106 valence electrons. The quantitative estimate of drug-likeness (QED) is 0.858. The Labute approximate surface area is 126 Å². The third kappa shape index (κ3) is 2.82. The van der Waals surface area contributed by atoms with Crippen molar-refractivity contribution in [2.24, 2.45) is 0 Å². The van der Waals surface area contributed by atoms with Crippen molar-refractivity contribution in [1.29, 1.82) is 0 Å². The van der Waals surface area contributed by atoms with E-state index in [2.05, 4.69) is 50.4 Å². The van der Waals surface area contributed by atoms with Crippen LogP contribution in [-0.2, 0) is 19.4 Å². The molecule has 0 saturated carbocycles. The Bertz CT molecular complexity index is 592. The Morgan fingerprint density at radius 3 is 2.70 bits per heavy atom. The van der Waals surface area contributed by atoms with Gasteiger partial charge in [-0.25, -0.2) is 0 Å². The van der Waals surface area contributed by atoms with Gasteiger partial charge in [0.2, 0.25) is 0 Å². The summed E-state index contributed by atoms with van der Waals surface area (Å²) < 4.78 is 0. The highest BCUT2D eigenvalue weighted by Gasteiger charge is 2.13. The molecule has 3 rings (SSSR count). The van der Waals surface area contributed by atoms with Gasteiger partial charge in [0.05, 0.1) is 0 Å². The summed E-state index contributed by atoms with van der Waals surface area (Å²) in [5, 5.41) is 3.66. The maximum atomic E-state index is 3.66. The minimum absolute atomic E-state index is 0.420. The zero-order chi connectivity index (χ0) is 14.1. The van der Waals surface area contributed by atoms with Crippen molar-refractivity contribution in [3.8, 4) is 0 Å². The summed E-state index contributed by atoms with van der Waals surface area (Å²) in [6, 6.07) is 9.76. The molecule has 1 aliphatic rings. The van der Waals surface area contributed by atoms with E-state index < -0.39 is 0 Å². The Kier molecular flexibility index (Phi) is 3.95. The van der Waals surface area contributed by atoms with E-state index in [0.717, 1.165) is 6.54 Å². The van der Waals surface area contributed by atoms with Crippen molar-refractivity contribution >= 4 is 11.3 Å². The summed E-state index contributed by atoms with van der Waals surface area (Å²) in [5.41, 5.74) is 5.97. The second-order valence-corrected chi connectivity index (χ2v) is 7.28. The highest BCUT2D eigenvalue weighted by molar-refractivity contribution is 7.12. The number of hydrogen-bond donors (Lipinski definition) is 1. The third-order valence-electron chi connectivity index (χ3n) is 4.42. The van der Waals surface area contributed by atoms with Crippen LogP contribution in [0.1, 0.15) is 51.4 Å². The predicted octanol–water partition coefficient (Wildman–Crippen LogP) is 4.70. The molecule has 1 aromatic heterocycles. The molecule has 1 atom stereocenters. The van der Waals surface area contributed by atoms with Crippen LogP contribution in [0.15, 0.2) is 24.3 Å². The molecular weight excluding hydrogens is 262 g/mol. The Morgan fingerprint density at radius 1 is 1.15 bits per heavy atom. The number of nitrogens with one attached hydrogen (secondary N) is 1. The highest BCUT2D eigenvalue weighted by atomic mass is 32.1. The van der Waals surface area contributed by atoms with Crippen molar-refractivity contribution in [1.82, 2.24) is 5.32 Å². The average molecular weight is 285 g/mol. The summed E-state index contributed by atoms with van der Waals surface area (Å²) in [4.78, 5) is 2.87. The lowest BCUT2D eigenvalue weighted by atomic mass is 10.0. The fourth-order valence-corrected chi connectivity index (χ4v) is 3.97. The molecule has 0 fully saturated rings. The number of thiophene rings is 1. The number of hydrogen-bond acceptors (Lipinski definition) is 2. The normalized spacial score (nSPS) is 15.3. The molecule has 1 N–H and O–H groups in total. The number of benzene rings is 1. The van der Waals surface area contributed by atoms with Gasteiger partial charge in [0, 0.05) is 22.3 Å². The van der Waals surface area contributed by atoms with Gasteiger partial charge in [-0.15, -0.1) is 11.3 Å². The zero-order valence-electron chi connectivity index (χ0n) is 12.6. The minimum Gasteiger partial charge on any atom is -0.305 e. The van der Waals surface area contributed by atoms with Gasteiger partial charge in [0.25, 0.3) is 0 Å². The Morgan fingerprint density at radius 2 is 1.95 bits per heavy atom. The topological polar surface area (TPSA) is 12.0 Å². The van der Waals surface area contributed by atoms with Gasteiger partial charge in [-0.05, 0) is 68.4 Å².